The maximum Gasteiger partial charge on any atom is 0.223 e. The van der Waals surface area contributed by atoms with Gasteiger partial charge in [-0.1, -0.05) is 11.8 Å². The Bertz CT molecular complexity index is 272. The molecule has 0 bridgehead atoms. The van der Waals surface area contributed by atoms with Crippen molar-refractivity contribution in [2.24, 2.45) is 5.92 Å². The number of aliphatic hydroxyl groups is 2. The maximum atomic E-state index is 11.5. The van der Waals surface area contributed by atoms with E-state index in [1.807, 2.05) is 0 Å². The van der Waals surface area contributed by atoms with Gasteiger partial charge in [-0.15, -0.1) is 0 Å². The predicted molar refractivity (Wildman–Crippen MR) is 60.9 cm³/mol. The lowest BCUT2D eigenvalue weighted by Crippen LogP contribution is -2.35. The second-order valence-corrected chi connectivity index (χ2v) is 5.20. The lowest BCUT2D eigenvalue weighted by atomic mass is 10.1. The van der Waals surface area contributed by atoms with Crippen molar-refractivity contribution in [3.05, 3.63) is 0 Å². The van der Waals surface area contributed by atoms with Gasteiger partial charge in [-0.3, -0.25) is 9.59 Å². The normalized spacial score (nSPS) is 22.6. The molecule has 1 aliphatic rings. The Morgan fingerprint density at radius 1 is 1.69 bits per heavy atom. The molecule has 5 nitrogen and oxygen atoms in total. The molecule has 2 atom stereocenters. The minimum atomic E-state index is -0.872. The van der Waals surface area contributed by atoms with E-state index in [1.54, 1.807) is 4.90 Å². The number of thioether (sulfide) groups is 1. The van der Waals surface area contributed by atoms with Gasteiger partial charge in [0.05, 0.1) is 12.7 Å². The first kappa shape index (κ1) is 13.5. The molecule has 2 N–H and O–H groups in total. The number of aliphatic hydroxyl groups excluding tert-OH is 2. The first-order valence-electron chi connectivity index (χ1n) is 5.23. The first-order valence-corrected chi connectivity index (χ1v) is 6.21. The number of carbonyl (C=O) groups excluding carboxylic acids is 2. The van der Waals surface area contributed by atoms with Gasteiger partial charge in [0.1, 0.15) is 0 Å². The molecule has 1 aliphatic heterocycles. The molecule has 1 fully saturated rings. The van der Waals surface area contributed by atoms with Crippen LogP contribution in [0.25, 0.3) is 0 Å². The Hall–Kier alpha value is -0.590. The third-order valence-electron chi connectivity index (χ3n) is 2.46. The van der Waals surface area contributed by atoms with Crippen molar-refractivity contribution in [2.45, 2.75) is 19.4 Å². The second-order valence-electron chi connectivity index (χ2n) is 4.01. The number of amides is 1. The van der Waals surface area contributed by atoms with Gasteiger partial charge in [0.2, 0.25) is 5.91 Å². The monoisotopic (exact) mass is 247 g/mol. The highest BCUT2D eigenvalue weighted by Gasteiger charge is 2.30. The molecule has 6 heteroatoms. The average Bonchev–Trinajstić information content (AvgIpc) is 2.56. The Morgan fingerprint density at radius 3 is 2.94 bits per heavy atom. The smallest absolute Gasteiger partial charge is 0.223 e. The van der Waals surface area contributed by atoms with Gasteiger partial charge < -0.3 is 15.1 Å². The Labute approximate surface area is 98.8 Å². The summed E-state index contributed by atoms with van der Waals surface area (Å²) in [6.07, 6.45) is -0.443. The average molecular weight is 247 g/mol. The molecule has 0 aromatic rings. The summed E-state index contributed by atoms with van der Waals surface area (Å²) < 4.78 is 0. The largest absolute Gasteiger partial charge is 0.394 e. The van der Waals surface area contributed by atoms with E-state index in [2.05, 4.69) is 0 Å². The zero-order valence-corrected chi connectivity index (χ0v) is 10.1. The molecule has 1 rings (SSSR count). The first-order chi connectivity index (χ1) is 7.52. The molecule has 0 aliphatic carbocycles. The van der Waals surface area contributed by atoms with Crippen molar-refractivity contribution in [3.8, 4) is 0 Å². The van der Waals surface area contributed by atoms with Crippen LogP contribution in [0.1, 0.15) is 13.3 Å². The Morgan fingerprint density at radius 2 is 2.38 bits per heavy atom. The summed E-state index contributed by atoms with van der Waals surface area (Å²) in [5, 5.41) is 18.0. The van der Waals surface area contributed by atoms with Gasteiger partial charge in [0.15, 0.2) is 5.12 Å². The van der Waals surface area contributed by atoms with Gasteiger partial charge >= 0.3 is 0 Å². The van der Waals surface area contributed by atoms with Gasteiger partial charge in [-0.05, 0) is 5.92 Å². The van der Waals surface area contributed by atoms with Gasteiger partial charge in [0.25, 0.3) is 0 Å². The molecule has 92 valence electrons. The van der Waals surface area contributed by atoms with Crippen molar-refractivity contribution in [2.75, 3.05) is 25.4 Å². The van der Waals surface area contributed by atoms with Crippen LogP contribution >= 0.6 is 11.8 Å². The number of carbonyl (C=O) groups is 2. The van der Waals surface area contributed by atoms with Crippen LogP contribution in [0.15, 0.2) is 0 Å². The molecular weight excluding hydrogens is 230 g/mol. The highest BCUT2D eigenvalue weighted by Crippen LogP contribution is 2.22. The fraction of sp³-hybridized carbons (Fsp3) is 0.800. The maximum absolute atomic E-state index is 11.5. The molecular formula is C10H17NO4S. The Kier molecular flexibility index (Phi) is 5.24. The molecule has 1 heterocycles. The molecule has 0 spiro atoms. The number of nitrogens with zero attached hydrogens (tertiary/aromatic N) is 1. The number of hydrogen-bond donors (Lipinski definition) is 2. The number of hydrogen-bond acceptors (Lipinski definition) is 5. The summed E-state index contributed by atoms with van der Waals surface area (Å²) >= 11 is 1.23. The summed E-state index contributed by atoms with van der Waals surface area (Å²) in [5.41, 5.74) is 0. The molecule has 0 aromatic carbocycles. The molecule has 16 heavy (non-hydrogen) atoms. The van der Waals surface area contributed by atoms with Gasteiger partial charge in [-0.2, -0.15) is 0 Å². The van der Waals surface area contributed by atoms with Crippen LogP contribution in [0, 0.1) is 5.92 Å². The van der Waals surface area contributed by atoms with Crippen LogP contribution < -0.4 is 0 Å². The number of β-amino-alcohol motifs (C(OH)–C–C–N with tert-alkyl or cyclic N) is 1. The fourth-order valence-electron chi connectivity index (χ4n) is 1.69. The summed E-state index contributed by atoms with van der Waals surface area (Å²) in [4.78, 5) is 23.8. The minimum Gasteiger partial charge on any atom is -0.394 e. The van der Waals surface area contributed by atoms with E-state index < -0.39 is 6.10 Å². The van der Waals surface area contributed by atoms with Crippen molar-refractivity contribution < 1.29 is 19.8 Å². The van der Waals surface area contributed by atoms with Gasteiger partial charge in [0, 0.05) is 32.2 Å². The molecule has 0 aromatic heterocycles. The summed E-state index contributed by atoms with van der Waals surface area (Å²) in [7, 11) is 0. The highest BCUT2D eigenvalue weighted by atomic mass is 32.2. The van der Waals surface area contributed by atoms with Crippen LogP contribution in [0.4, 0.5) is 0 Å². The third kappa shape index (κ3) is 4.11. The standard InChI is InChI=1S/C10H17NO4S/c1-7(13)16-6-8-2-10(15)11(3-8)4-9(14)5-12/h8-9,12,14H,2-6H2,1H3. The fourth-order valence-corrected chi connectivity index (χ4v) is 2.38. The molecule has 0 radical (unpaired) electrons. The van der Waals surface area contributed by atoms with Crippen LogP contribution in [0.3, 0.4) is 0 Å². The van der Waals surface area contributed by atoms with E-state index in [9.17, 15) is 14.7 Å². The third-order valence-corrected chi connectivity index (χ3v) is 3.50. The van der Waals surface area contributed by atoms with Crippen molar-refractivity contribution >= 4 is 22.8 Å². The number of likely N-dealkylation sites (tertiary alicyclic amines) is 1. The van der Waals surface area contributed by atoms with E-state index in [4.69, 9.17) is 5.11 Å². The zero-order chi connectivity index (χ0) is 12.1. The van der Waals surface area contributed by atoms with Crippen molar-refractivity contribution in [1.82, 2.24) is 4.90 Å². The molecule has 2 unspecified atom stereocenters. The van der Waals surface area contributed by atoms with E-state index in [0.29, 0.717) is 18.7 Å². The van der Waals surface area contributed by atoms with E-state index in [0.717, 1.165) is 0 Å². The van der Waals surface area contributed by atoms with Crippen molar-refractivity contribution in [1.29, 1.82) is 0 Å². The van der Waals surface area contributed by atoms with Crippen LogP contribution in [0.2, 0.25) is 0 Å². The lowest BCUT2D eigenvalue weighted by molar-refractivity contribution is -0.129. The summed E-state index contributed by atoms with van der Waals surface area (Å²) in [6.45, 7) is 1.91. The van der Waals surface area contributed by atoms with E-state index in [1.165, 1.54) is 18.7 Å². The van der Waals surface area contributed by atoms with E-state index in [-0.39, 0.29) is 30.1 Å². The summed E-state index contributed by atoms with van der Waals surface area (Å²) in [5.74, 6) is 0.807. The minimum absolute atomic E-state index is 0.0124. The molecule has 1 amide bonds. The van der Waals surface area contributed by atoms with Gasteiger partial charge in [-0.25, -0.2) is 0 Å². The zero-order valence-electron chi connectivity index (χ0n) is 9.26. The van der Waals surface area contributed by atoms with Crippen LogP contribution in [-0.2, 0) is 9.59 Å². The second kappa shape index (κ2) is 6.22. The quantitative estimate of drug-likeness (QED) is 0.683. The predicted octanol–water partition coefficient (Wildman–Crippen LogP) is -0.532. The lowest BCUT2D eigenvalue weighted by Gasteiger charge is -2.19. The number of rotatable bonds is 5. The van der Waals surface area contributed by atoms with Crippen molar-refractivity contribution in [3.63, 3.8) is 0 Å². The van der Waals surface area contributed by atoms with Crippen LogP contribution in [0.5, 0.6) is 0 Å². The Balaban J connectivity index is 2.35. The molecule has 1 saturated heterocycles. The van der Waals surface area contributed by atoms with E-state index >= 15 is 0 Å². The van der Waals surface area contributed by atoms with Crippen LogP contribution in [-0.4, -0.2) is 57.7 Å². The highest BCUT2D eigenvalue weighted by molar-refractivity contribution is 8.13. The SMILES string of the molecule is CC(=O)SCC1CC(=O)N(CC(O)CO)C1. The molecule has 0 saturated carbocycles. The summed E-state index contributed by atoms with van der Waals surface area (Å²) in [6, 6.07) is 0. The topological polar surface area (TPSA) is 77.8 Å².